The van der Waals surface area contributed by atoms with Crippen LogP contribution in [-0.4, -0.2) is 10.1 Å². The van der Waals surface area contributed by atoms with Crippen LogP contribution in [0.25, 0.3) is 10.9 Å². The second-order valence-corrected chi connectivity index (χ2v) is 5.44. The molecule has 1 aromatic carbocycles. The largest absolute Gasteiger partial charge is 0.325 e. The Hall–Kier alpha value is -1.61. The molecule has 18 heavy (non-hydrogen) atoms. The van der Waals surface area contributed by atoms with Crippen LogP contribution in [0, 0.1) is 0 Å². The first kappa shape index (κ1) is 12.8. The molecule has 3 heteroatoms. The van der Waals surface area contributed by atoms with Crippen molar-refractivity contribution >= 4 is 10.9 Å². The molecule has 0 saturated carbocycles. The van der Waals surface area contributed by atoms with Gasteiger partial charge in [-0.2, -0.15) is 0 Å². The average molecular weight is 244 g/mol. The van der Waals surface area contributed by atoms with Gasteiger partial charge < -0.3 is 10.3 Å². The van der Waals surface area contributed by atoms with Gasteiger partial charge in [0.1, 0.15) is 0 Å². The standard InChI is InChI=1S/C15H20N2O/c1-4-17-13-8-6-5-7-11(13)9-12(14(17)18)10-15(2,3)16/h5-9H,4,10,16H2,1-3H3. The molecule has 0 aliphatic carbocycles. The molecular weight excluding hydrogens is 224 g/mol. The van der Waals surface area contributed by atoms with Crippen molar-refractivity contribution in [3.8, 4) is 0 Å². The highest BCUT2D eigenvalue weighted by molar-refractivity contribution is 5.79. The van der Waals surface area contributed by atoms with E-state index in [4.69, 9.17) is 5.73 Å². The van der Waals surface area contributed by atoms with E-state index in [1.165, 1.54) is 0 Å². The van der Waals surface area contributed by atoms with E-state index in [0.29, 0.717) is 13.0 Å². The lowest BCUT2D eigenvalue weighted by Gasteiger charge is -2.19. The Morgan fingerprint density at radius 1 is 1.28 bits per heavy atom. The summed E-state index contributed by atoms with van der Waals surface area (Å²) in [6.45, 7) is 6.55. The number of pyridine rings is 1. The lowest BCUT2D eigenvalue weighted by atomic mass is 9.96. The number of aromatic nitrogens is 1. The molecule has 0 amide bonds. The minimum atomic E-state index is -0.368. The number of nitrogens with zero attached hydrogens (tertiary/aromatic N) is 1. The van der Waals surface area contributed by atoms with Crippen LogP contribution < -0.4 is 11.3 Å². The molecule has 0 bridgehead atoms. The van der Waals surface area contributed by atoms with Gasteiger partial charge in [0, 0.05) is 17.6 Å². The molecule has 2 N–H and O–H groups in total. The van der Waals surface area contributed by atoms with Gasteiger partial charge in [0.2, 0.25) is 0 Å². The molecule has 0 aliphatic heterocycles. The third-order valence-electron chi connectivity index (χ3n) is 3.04. The second kappa shape index (κ2) is 4.58. The Labute approximate surface area is 107 Å². The molecule has 0 aliphatic rings. The van der Waals surface area contributed by atoms with Gasteiger partial charge in [0.25, 0.3) is 5.56 Å². The van der Waals surface area contributed by atoms with Gasteiger partial charge in [0.05, 0.1) is 5.52 Å². The first-order valence-electron chi connectivity index (χ1n) is 6.33. The Balaban J connectivity index is 2.69. The summed E-state index contributed by atoms with van der Waals surface area (Å²) >= 11 is 0. The van der Waals surface area contributed by atoms with Gasteiger partial charge in [0.15, 0.2) is 0 Å². The summed E-state index contributed by atoms with van der Waals surface area (Å²) in [6, 6.07) is 9.94. The van der Waals surface area contributed by atoms with E-state index in [9.17, 15) is 4.79 Å². The zero-order valence-corrected chi connectivity index (χ0v) is 11.2. The zero-order valence-electron chi connectivity index (χ0n) is 11.2. The Kier molecular flexibility index (Phi) is 3.26. The molecule has 3 nitrogen and oxygen atoms in total. The number of aryl methyl sites for hydroxylation is 1. The van der Waals surface area contributed by atoms with Gasteiger partial charge in [-0.05, 0) is 44.7 Å². The van der Waals surface area contributed by atoms with E-state index in [-0.39, 0.29) is 11.1 Å². The number of nitrogens with two attached hydrogens (primary N) is 1. The predicted molar refractivity (Wildman–Crippen MR) is 75.9 cm³/mol. The first-order valence-corrected chi connectivity index (χ1v) is 6.33. The first-order chi connectivity index (χ1) is 8.42. The summed E-state index contributed by atoms with van der Waals surface area (Å²) in [6.07, 6.45) is 0.594. The van der Waals surface area contributed by atoms with Crippen molar-refractivity contribution in [1.29, 1.82) is 0 Å². The fourth-order valence-corrected chi connectivity index (χ4v) is 2.32. The third-order valence-corrected chi connectivity index (χ3v) is 3.04. The van der Waals surface area contributed by atoms with Gasteiger partial charge in [-0.15, -0.1) is 0 Å². The highest BCUT2D eigenvalue weighted by Crippen LogP contribution is 2.15. The SMILES string of the molecule is CCn1c(=O)c(CC(C)(C)N)cc2ccccc21. The maximum absolute atomic E-state index is 12.4. The van der Waals surface area contributed by atoms with Gasteiger partial charge in [-0.25, -0.2) is 0 Å². The number of rotatable bonds is 3. The molecular formula is C15H20N2O. The fraction of sp³-hybridized carbons (Fsp3) is 0.400. The average Bonchev–Trinajstić information content (AvgIpc) is 2.28. The molecule has 0 fully saturated rings. The van der Waals surface area contributed by atoms with Crippen LogP contribution in [0.4, 0.5) is 0 Å². The Bertz CT molecular complexity index is 620. The van der Waals surface area contributed by atoms with E-state index in [1.807, 2.05) is 55.7 Å². The van der Waals surface area contributed by atoms with Crippen molar-refractivity contribution in [2.75, 3.05) is 0 Å². The van der Waals surface area contributed by atoms with Crippen molar-refractivity contribution < 1.29 is 0 Å². The summed E-state index contributed by atoms with van der Waals surface area (Å²) in [5.41, 5.74) is 7.52. The topological polar surface area (TPSA) is 48.0 Å². The van der Waals surface area contributed by atoms with Crippen LogP contribution in [0.1, 0.15) is 26.3 Å². The van der Waals surface area contributed by atoms with Crippen LogP contribution in [0.15, 0.2) is 35.1 Å². The van der Waals surface area contributed by atoms with Crippen LogP contribution in [0.2, 0.25) is 0 Å². The molecule has 1 heterocycles. The number of hydrogen-bond acceptors (Lipinski definition) is 2. The minimum absolute atomic E-state index is 0.0784. The summed E-state index contributed by atoms with van der Waals surface area (Å²) in [5.74, 6) is 0. The fourth-order valence-electron chi connectivity index (χ4n) is 2.32. The molecule has 0 saturated heterocycles. The minimum Gasteiger partial charge on any atom is -0.325 e. The van der Waals surface area contributed by atoms with Crippen LogP contribution >= 0.6 is 0 Å². The molecule has 0 atom stereocenters. The number of fused-ring (bicyclic) bond motifs is 1. The summed E-state index contributed by atoms with van der Waals surface area (Å²) in [7, 11) is 0. The van der Waals surface area contributed by atoms with E-state index in [1.54, 1.807) is 0 Å². The smallest absolute Gasteiger partial charge is 0.254 e. The monoisotopic (exact) mass is 244 g/mol. The van der Waals surface area contributed by atoms with Crippen molar-refractivity contribution in [3.63, 3.8) is 0 Å². The van der Waals surface area contributed by atoms with Gasteiger partial charge in [-0.3, -0.25) is 4.79 Å². The molecule has 1 aromatic heterocycles. The highest BCUT2D eigenvalue weighted by Gasteiger charge is 2.16. The van der Waals surface area contributed by atoms with Gasteiger partial charge in [-0.1, -0.05) is 18.2 Å². The predicted octanol–water partition coefficient (Wildman–Crippen LogP) is 2.30. The normalized spacial score (nSPS) is 12.0. The third kappa shape index (κ3) is 2.46. The molecule has 0 radical (unpaired) electrons. The molecule has 2 aromatic rings. The van der Waals surface area contributed by atoms with Crippen LogP contribution in [0.5, 0.6) is 0 Å². The Morgan fingerprint density at radius 3 is 2.56 bits per heavy atom. The van der Waals surface area contributed by atoms with Crippen LogP contribution in [0.3, 0.4) is 0 Å². The molecule has 0 unspecified atom stereocenters. The quantitative estimate of drug-likeness (QED) is 0.900. The molecule has 2 rings (SSSR count). The molecule has 0 spiro atoms. The molecule has 96 valence electrons. The zero-order chi connectivity index (χ0) is 13.3. The number of hydrogen-bond donors (Lipinski definition) is 1. The lowest BCUT2D eigenvalue weighted by molar-refractivity contribution is 0.512. The van der Waals surface area contributed by atoms with E-state index in [2.05, 4.69) is 0 Å². The Morgan fingerprint density at radius 2 is 1.94 bits per heavy atom. The number of para-hydroxylation sites is 1. The van der Waals surface area contributed by atoms with E-state index < -0.39 is 0 Å². The van der Waals surface area contributed by atoms with Crippen molar-refractivity contribution in [2.24, 2.45) is 5.73 Å². The summed E-state index contributed by atoms with van der Waals surface area (Å²) < 4.78 is 1.82. The van der Waals surface area contributed by atoms with Gasteiger partial charge >= 0.3 is 0 Å². The van der Waals surface area contributed by atoms with Crippen molar-refractivity contribution in [3.05, 3.63) is 46.2 Å². The maximum Gasteiger partial charge on any atom is 0.254 e. The van der Waals surface area contributed by atoms with Crippen molar-refractivity contribution in [2.45, 2.75) is 39.3 Å². The van der Waals surface area contributed by atoms with Crippen molar-refractivity contribution in [1.82, 2.24) is 4.57 Å². The van der Waals surface area contributed by atoms with E-state index in [0.717, 1.165) is 16.5 Å². The number of benzene rings is 1. The maximum atomic E-state index is 12.4. The highest BCUT2D eigenvalue weighted by atomic mass is 16.1. The summed E-state index contributed by atoms with van der Waals surface area (Å²) in [5, 5.41) is 1.10. The lowest BCUT2D eigenvalue weighted by Crippen LogP contribution is -2.37. The summed E-state index contributed by atoms with van der Waals surface area (Å²) in [4.78, 5) is 12.4. The van der Waals surface area contributed by atoms with E-state index >= 15 is 0 Å². The second-order valence-electron chi connectivity index (χ2n) is 5.44. The van der Waals surface area contributed by atoms with Crippen LogP contribution in [-0.2, 0) is 13.0 Å².